The molecule has 0 spiro atoms. The SMILES string of the molecule is O=C(NCc1ccc[nH]1)c1ccnc(C(=O)O)c1. The Labute approximate surface area is 103 Å². The van der Waals surface area contributed by atoms with E-state index in [2.05, 4.69) is 15.3 Å². The number of rotatable bonds is 4. The third-order valence-electron chi connectivity index (χ3n) is 2.34. The van der Waals surface area contributed by atoms with E-state index in [1.54, 1.807) is 6.20 Å². The van der Waals surface area contributed by atoms with Crippen LogP contribution in [-0.4, -0.2) is 27.0 Å². The van der Waals surface area contributed by atoms with E-state index in [0.29, 0.717) is 6.54 Å². The molecular weight excluding hydrogens is 234 g/mol. The van der Waals surface area contributed by atoms with Gasteiger partial charge in [0, 0.05) is 23.7 Å². The van der Waals surface area contributed by atoms with Crippen LogP contribution in [0.1, 0.15) is 26.5 Å². The van der Waals surface area contributed by atoms with Crippen LogP contribution >= 0.6 is 0 Å². The summed E-state index contributed by atoms with van der Waals surface area (Å²) in [4.78, 5) is 29.1. The molecule has 0 unspecified atom stereocenters. The molecule has 0 saturated carbocycles. The zero-order valence-electron chi connectivity index (χ0n) is 9.38. The summed E-state index contributed by atoms with van der Waals surface area (Å²) in [5, 5.41) is 11.4. The maximum Gasteiger partial charge on any atom is 0.354 e. The molecular formula is C12H11N3O3. The topological polar surface area (TPSA) is 95.1 Å². The number of amides is 1. The normalized spacial score (nSPS) is 10.0. The quantitative estimate of drug-likeness (QED) is 0.749. The fourth-order valence-corrected chi connectivity index (χ4v) is 1.44. The van der Waals surface area contributed by atoms with Crippen molar-refractivity contribution < 1.29 is 14.7 Å². The van der Waals surface area contributed by atoms with Crippen LogP contribution in [0.25, 0.3) is 0 Å². The Balaban J connectivity index is 2.04. The fourth-order valence-electron chi connectivity index (χ4n) is 1.44. The molecule has 0 aliphatic rings. The fraction of sp³-hybridized carbons (Fsp3) is 0.0833. The highest BCUT2D eigenvalue weighted by atomic mass is 16.4. The van der Waals surface area contributed by atoms with Crippen molar-refractivity contribution in [1.29, 1.82) is 0 Å². The van der Waals surface area contributed by atoms with Gasteiger partial charge in [0.25, 0.3) is 5.91 Å². The van der Waals surface area contributed by atoms with Crippen molar-refractivity contribution >= 4 is 11.9 Å². The predicted molar refractivity (Wildman–Crippen MR) is 63.2 cm³/mol. The van der Waals surface area contributed by atoms with E-state index >= 15 is 0 Å². The first-order valence-corrected chi connectivity index (χ1v) is 5.26. The maximum absolute atomic E-state index is 11.8. The molecule has 6 heteroatoms. The van der Waals surface area contributed by atoms with Crippen LogP contribution in [0.3, 0.4) is 0 Å². The first kappa shape index (κ1) is 11.8. The van der Waals surface area contributed by atoms with Crippen LogP contribution in [-0.2, 0) is 6.54 Å². The summed E-state index contributed by atoms with van der Waals surface area (Å²) < 4.78 is 0. The molecule has 92 valence electrons. The molecule has 0 aromatic carbocycles. The second-order valence-corrected chi connectivity index (χ2v) is 3.61. The third kappa shape index (κ3) is 2.73. The van der Waals surface area contributed by atoms with E-state index in [9.17, 15) is 9.59 Å². The summed E-state index contributed by atoms with van der Waals surface area (Å²) in [5.74, 6) is -1.50. The number of carboxylic acid groups (broad SMARTS) is 1. The molecule has 1 amide bonds. The minimum Gasteiger partial charge on any atom is -0.477 e. The molecule has 0 bridgehead atoms. The molecule has 0 fully saturated rings. The molecule has 0 aliphatic carbocycles. The van der Waals surface area contributed by atoms with Gasteiger partial charge in [0.15, 0.2) is 0 Å². The highest BCUT2D eigenvalue weighted by molar-refractivity contribution is 5.96. The molecule has 0 atom stereocenters. The van der Waals surface area contributed by atoms with E-state index in [1.807, 2.05) is 12.1 Å². The molecule has 6 nitrogen and oxygen atoms in total. The van der Waals surface area contributed by atoms with E-state index < -0.39 is 5.97 Å². The summed E-state index contributed by atoms with van der Waals surface area (Å²) in [5.41, 5.74) is 0.993. The second-order valence-electron chi connectivity index (χ2n) is 3.61. The van der Waals surface area contributed by atoms with Crippen LogP contribution in [0.15, 0.2) is 36.7 Å². The Morgan fingerprint density at radius 1 is 1.39 bits per heavy atom. The van der Waals surface area contributed by atoms with Gasteiger partial charge in [-0.15, -0.1) is 0 Å². The van der Waals surface area contributed by atoms with Crippen molar-refractivity contribution in [2.45, 2.75) is 6.54 Å². The van der Waals surface area contributed by atoms with Gasteiger partial charge in [0.05, 0.1) is 6.54 Å². The van der Waals surface area contributed by atoms with E-state index in [4.69, 9.17) is 5.11 Å². The number of nitrogens with zero attached hydrogens (tertiary/aromatic N) is 1. The van der Waals surface area contributed by atoms with Crippen LogP contribution in [0.5, 0.6) is 0 Å². The minimum atomic E-state index is -1.16. The number of aromatic nitrogens is 2. The largest absolute Gasteiger partial charge is 0.477 e. The third-order valence-corrected chi connectivity index (χ3v) is 2.34. The highest BCUT2D eigenvalue weighted by Crippen LogP contribution is 2.03. The summed E-state index contributed by atoms with van der Waals surface area (Å²) >= 11 is 0. The Morgan fingerprint density at radius 3 is 2.89 bits per heavy atom. The minimum absolute atomic E-state index is 0.150. The Hall–Kier alpha value is -2.63. The van der Waals surface area contributed by atoms with Crippen molar-refractivity contribution in [3.05, 3.63) is 53.6 Å². The number of H-pyrrole nitrogens is 1. The lowest BCUT2D eigenvalue weighted by molar-refractivity contribution is 0.0690. The molecule has 0 radical (unpaired) electrons. The van der Waals surface area contributed by atoms with Crippen molar-refractivity contribution in [3.8, 4) is 0 Å². The van der Waals surface area contributed by atoms with Gasteiger partial charge in [-0.1, -0.05) is 0 Å². The lowest BCUT2D eigenvalue weighted by Gasteiger charge is -2.04. The van der Waals surface area contributed by atoms with Gasteiger partial charge in [-0.05, 0) is 24.3 Å². The highest BCUT2D eigenvalue weighted by Gasteiger charge is 2.10. The molecule has 0 saturated heterocycles. The molecule has 2 rings (SSSR count). The van der Waals surface area contributed by atoms with Crippen LogP contribution < -0.4 is 5.32 Å². The van der Waals surface area contributed by atoms with Gasteiger partial charge >= 0.3 is 5.97 Å². The second kappa shape index (κ2) is 5.13. The van der Waals surface area contributed by atoms with Crippen molar-refractivity contribution in [3.63, 3.8) is 0 Å². The number of carbonyl (C=O) groups is 2. The summed E-state index contributed by atoms with van der Waals surface area (Å²) in [6.07, 6.45) is 3.06. The number of pyridine rings is 1. The van der Waals surface area contributed by atoms with E-state index in [1.165, 1.54) is 18.3 Å². The Morgan fingerprint density at radius 2 is 2.22 bits per heavy atom. The van der Waals surface area contributed by atoms with Gasteiger partial charge in [-0.25, -0.2) is 9.78 Å². The van der Waals surface area contributed by atoms with Crippen molar-refractivity contribution in [2.24, 2.45) is 0 Å². The standard InChI is InChI=1S/C12H11N3O3/c16-11(15-7-9-2-1-4-13-9)8-3-5-14-10(6-8)12(17)18/h1-6,13H,7H2,(H,15,16)(H,17,18). The lowest BCUT2D eigenvalue weighted by Crippen LogP contribution is -2.23. The maximum atomic E-state index is 11.8. The number of aromatic carboxylic acids is 1. The van der Waals surface area contributed by atoms with Crippen LogP contribution in [0.4, 0.5) is 0 Å². The Bertz CT molecular complexity index is 564. The number of nitrogens with one attached hydrogen (secondary N) is 2. The van der Waals surface area contributed by atoms with E-state index in [0.717, 1.165) is 5.69 Å². The van der Waals surface area contributed by atoms with Gasteiger partial charge in [-0.3, -0.25) is 4.79 Å². The van der Waals surface area contributed by atoms with Crippen LogP contribution in [0.2, 0.25) is 0 Å². The zero-order valence-corrected chi connectivity index (χ0v) is 9.38. The molecule has 2 aromatic rings. The number of aromatic amines is 1. The number of carbonyl (C=O) groups excluding carboxylic acids is 1. The average Bonchev–Trinajstić information content (AvgIpc) is 2.89. The first-order chi connectivity index (χ1) is 8.66. The summed E-state index contributed by atoms with van der Waals surface area (Å²) in [6, 6.07) is 6.38. The van der Waals surface area contributed by atoms with E-state index in [-0.39, 0.29) is 17.2 Å². The molecule has 0 aliphatic heterocycles. The first-order valence-electron chi connectivity index (χ1n) is 5.26. The smallest absolute Gasteiger partial charge is 0.354 e. The molecule has 2 aromatic heterocycles. The van der Waals surface area contributed by atoms with Gasteiger partial charge in [0.2, 0.25) is 0 Å². The van der Waals surface area contributed by atoms with Gasteiger partial charge < -0.3 is 15.4 Å². The number of hydrogen-bond acceptors (Lipinski definition) is 3. The van der Waals surface area contributed by atoms with Crippen molar-refractivity contribution in [1.82, 2.24) is 15.3 Å². The van der Waals surface area contributed by atoms with Gasteiger partial charge in [0.1, 0.15) is 5.69 Å². The number of hydrogen-bond donors (Lipinski definition) is 3. The monoisotopic (exact) mass is 245 g/mol. The molecule has 18 heavy (non-hydrogen) atoms. The number of carboxylic acids is 1. The summed E-state index contributed by atoms with van der Waals surface area (Å²) in [7, 11) is 0. The van der Waals surface area contributed by atoms with Crippen molar-refractivity contribution in [2.75, 3.05) is 0 Å². The average molecular weight is 245 g/mol. The lowest BCUT2D eigenvalue weighted by atomic mass is 10.2. The zero-order chi connectivity index (χ0) is 13.0. The van der Waals surface area contributed by atoms with Crippen LogP contribution in [0, 0.1) is 0 Å². The predicted octanol–water partition coefficient (Wildman–Crippen LogP) is 1.04. The molecule has 2 heterocycles. The van der Waals surface area contributed by atoms with Gasteiger partial charge in [-0.2, -0.15) is 0 Å². The Kier molecular flexibility index (Phi) is 3.38. The summed E-state index contributed by atoms with van der Waals surface area (Å²) in [6.45, 7) is 0.358. The molecule has 3 N–H and O–H groups in total.